The first-order valence-electron chi connectivity index (χ1n) is 22.9. The summed E-state index contributed by atoms with van der Waals surface area (Å²) in [5.74, 6) is 1.41. The summed E-state index contributed by atoms with van der Waals surface area (Å²) in [4.78, 5) is 22.1. The second-order valence-corrected chi connectivity index (χ2v) is 16.7. The molecule has 0 spiro atoms. The third-order valence-corrected chi connectivity index (χ3v) is 11.5. The molecule has 0 aliphatic rings. The van der Waals surface area contributed by atoms with E-state index in [0.717, 1.165) is 89.2 Å². The van der Waals surface area contributed by atoms with Gasteiger partial charge in [-0.05, 0) is 102 Å². The number of aryl methyl sites for hydroxylation is 4. The maximum Gasteiger partial charge on any atom is 2.00 e. The average molecular weight is 1090 g/mol. The second kappa shape index (κ2) is 23.8. The van der Waals surface area contributed by atoms with Gasteiger partial charge in [-0.2, -0.15) is 0 Å². The quantitative estimate of drug-likeness (QED) is 0.0981. The number of aromatic nitrogens is 4. The van der Waals surface area contributed by atoms with Gasteiger partial charge in [0.25, 0.3) is 0 Å². The van der Waals surface area contributed by atoms with Gasteiger partial charge in [0.15, 0.2) is 5.84 Å². The molecule has 6 nitrogen and oxygen atoms in total. The van der Waals surface area contributed by atoms with Crippen molar-refractivity contribution in [1.29, 1.82) is 0 Å². The number of nitrogens with zero attached hydrogens (tertiary/aromatic N) is 5. The van der Waals surface area contributed by atoms with E-state index >= 15 is 0 Å². The average Bonchev–Trinajstić information content (AvgIpc) is 3.95. The molecule has 346 valence electrons. The number of benzene rings is 6. The minimum atomic E-state index is 0. The third-order valence-electron chi connectivity index (χ3n) is 11.5. The third kappa shape index (κ3) is 12.5. The Bertz CT molecular complexity index is 3440. The van der Waals surface area contributed by atoms with Gasteiger partial charge >= 0.3 is 21.1 Å². The number of nitrogens with one attached hydrogen (secondary N) is 1. The number of amidine groups is 1. The molecule has 4 aromatic heterocycles. The Balaban J connectivity index is 0.000000216. The summed E-state index contributed by atoms with van der Waals surface area (Å²) < 4.78 is 2.23. The minimum Gasteiger partial charge on any atom is -0.359 e. The fraction of sp³-hybridized carbons (Fsp3) is 0.0794. The largest absolute Gasteiger partial charge is 2.00 e. The van der Waals surface area contributed by atoms with E-state index in [-0.39, 0.29) is 21.1 Å². The van der Waals surface area contributed by atoms with Crippen LogP contribution >= 0.6 is 0 Å². The van der Waals surface area contributed by atoms with Gasteiger partial charge in [-0.15, -0.1) is 70.8 Å². The summed E-state index contributed by atoms with van der Waals surface area (Å²) in [5.41, 5.74) is 15.6. The van der Waals surface area contributed by atoms with Crippen LogP contribution in [0.25, 0.3) is 63.0 Å². The Hall–Kier alpha value is -8.05. The van der Waals surface area contributed by atoms with Crippen molar-refractivity contribution in [1.82, 2.24) is 19.5 Å². The Morgan fingerprint density at radius 2 is 1.17 bits per heavy atom. The van der Waals surface area contributed by atoms with Crippen LogP contribution in [-0.4, -0.2) is 31.2 Å². The molecule has 10 rings (SSSR count). The Morgan fingerprint density at radius 3 is 1.71 bits per heavy atom. The van der Waals surface area contributed by atoms with Crippen molar-refractivity contribution in [2.75, 3.05) is 0 Å². The molecule has 0 unspecified atom stereocenters. The van der Waals surface area contributed by atoms with Gasteiger partial charge in [0.2, 0.25) is 0 Å². The first-order valence-corrected chi connectivity index (χ1v) is 22.9. The molecule has 0 aliphatic heterocycles. The molecule has 6 aromatic carbocycles. The summed E-state index contributed by atoms with van der Waals surface area (Å²) in [6.45, 7) is 18.9. The van der Waals surface area contributed by atoms with E-state index in [9.17, 15) is 0 Å². The molecule has 0 saturated carbocycles. The Labute approximate surface area is 426 Å². The van der Waals surface area contributed by atoms with Crippen LogP contribution in [0.15, 0.2) is 217 Å². The molecule has 10 aromatic rings. The van der Waals surface area contributed by atoms with Crippen LogP contribution in [0.3, 0.4) is 0 Å². The maximum absolute atomic E-state index is 5.18. The van der Waals surface area contributed by atoms with Crippen LogP contribution < -0.4 is 10.4 Å². The molecule has 4 heterocycles. The molecular formula is C63H54N6Pt. The van der Waals surface area contributed by atoms with E-state index in [4.69, 9.17) is 9.98 Å². The predicted molar refractivity (Wildman–Crippen MR) is 289 cm³/mol. The normalized spacial score (nSPS) is 11.5. The van der Waals surface area contributed by atoms with Gasteiger partial charge in [0, 0.05) is 34.7 Å². The fourth-order valence-corrected chi connectivity index (χ4v) is 7.93. The number of H-pyrrole nitrogens is 1. The summed E-state index contributed by atoms with van der Waals surface area (Å²) in [5, 5.41) is 3.21. The summed E-state index contributed by atoms with van der Waals surface area (Å²) in [7, 11) is 0. The summed E-state index contributed by atoms with van der Waals surface area (Å²) in [6, 6.07) is 69.6. The number of rotatable bonds is 7. The SMILES string of the molecule is C=C(N=C(N=C(C)n1c(/C=c2/ccccc2=C)c(C)c2cc(-c3ccc(C)[nH]3)ccc21)c1ccccc1)c1ccccc1.Cc1[c-]c(-c2ccccn2)ccc1.Cc1[c-]c(-c2ccccn2)ccc1.[Pt+2]. The van der Waals surface area contributed by atoms with E-state index in [0.29, 0.717) is 11.5 Å². The molecule has 0 aliphatic carbocycles. The molecule has 7 heteroatoms. The Kier molecular flexibility index (Phi) is 16.9. The summed E-state index contributed by atoms with van der Waals surface area (Å²) in [6.07, 6.45) is 5.80. The standard InChI is InChI=1S/C39H34N4.2C12H10N.Pt/c1-26-14-12-13-19-33(26)25-38-28(3)35-24-34(36-22-20-27(2)40-36)21-23-37(35)43(38)30(5)42-39(32-17-10-7-11-18-32)41-29(4)31-15-8-6-9-16-31;2*1-10-5-4-6-11(9-10)12-7-2-3-8-13-12;/h6-25,40H,1,4H2,2-3,5H3;2*2-8H,1H3;/q;2*-1;+2/b33-25-,41-39?,42-30?;;;. The van der Waals surface area contributed by atoms with Crippen molar-refractivity contribution < 1.29 is 21.1 Å². The van der Waals surface area contributed by atoms with E-state index in [2.05, 4.69) is 101 Å². The molecule has 0 bridgehead atoms. The number of aromatic amines is 1. The number of fused-ring (bicyclic) bond motifs is 1. The minimum absolute atomic E-state index is 0. The van der Waals surface area contributed by atoms with E-state index < -0.39 is 0 Å². The van der Waals surface area contributed by atoms with Crippen molar-refractivity contribution in [3.8, 4) is 33.8 Å². The van der Waals surface area contributed by atoms with Crippen molar-refractivity contribution >= 4 is 40.9 Å². The first kappa shape index (κ1) is 49.8. The second-order valence-electron chi connectivity index (χ2n) is 16.7. The maximum atomic E-state index is 5.18. The molecule has 0 amide bonds. The molecule has 0 radical (unpaired) electrons. The zero-order valence-electron chi connectivity index (χ0n) is 40.1. The van der Waals surface area contributed by atoms with Crippen LogP contribution in [0.5, 0.6) is 0 Å². The summed E-state index contributed by atoms with van der Waals surface area (Å²) >= 11 is 0. The first-order chi connectivity index (χ1) is 33.6. The zero-order chi connectivity index (χ0) is 48.1. The van der Waals surface area contributed by atoms with Crippen LogP contribution in [0, 0.1) is 39.8 Å². The van der Waals surface area contributed by atoms with Crippen LogP contribution in [-0.2, 0) is 21.1 Å². The van der Waals surface area contributed by atoms with E-state index in [1.54, 1.807) is 12.4 Å². The van der Waals surface area contributed by atoms with Crippen molar-refractivity contribution in [2.45, 2.75) is 34.6 Å². The van der Waals surface area contributed by atoms with Crippen LogP contribution in [0.2, 0.25) is 0 Å². The van der Waals surface area contributed by atoms with E-state index in [1.807, 2.05) is 172 Å². The zero-order valence-corrected chi connectivity index (χ0v) is 42.4. The smallest absolute Gasteiger partial charge is 0.359 e. The number of hydrogen-bond acceptors (Lipinski definition) is 3. The predicted octanol–water partition coefficient (Wildman–Crippen LogP) is 13.6. The molecule has 70 heavy (non-hydrogen) atoms. The van der Waals surface area contributed by atoms with Crippen molar-refractivity contribution in [3.05, 3.63) is 269 Å². The van der Waals surface area contributed by atoms with Crippen LogP contribution in [0.1, 0.15) is 46.1 Å². The molecule has 0 fully saturated rings. The topological polar surface area (TPSA) is 71.2 Å². The van der Waals surface area contributed by atoms with Gasteiger partial charge in [-0.3, -0.25) is 4.57 Å². The molecule has 1 N–H and O–H groups in total. The van der Waals surface area contributed by atoms with Gasteiger partial charge in [0.1, 0.15) is 5.84 Å². The number of hydrogen-bond donors (Lipinski definition) is 1. The monoisotopic (exact) mass is 1090 g/mol. The Morgan fingerprint density at radius 1 is 0.600 bits per heavy atom. The number of aliphatic imine (C=N–C) groups is 2. The molecule has 0 atom stereocenters. The van der Waals surface area contributed by atoms with Gasteiger partial charge in [0.05, 0.1) is 16.9 Å². The van der Waals surface area contributed by atoms with Gasteiger partial charge < -0.3 is 15.0 Å². The van der Waals surface area contributed by atoms with Crippen LogP contribution in [0.4, 0.5) is 0 Å². The van der Waals surface area contributed by atoms with Gasteiger partial charge in [-0.1, -0.05) is 142 Å². The van der Waals surface area contributed by atoms with Crippen molar-refractivity contribution in [2.24, 2.45) is 9.98 Å². The fourth-order valence-electron chi connectivity index (χ4n) is 7.93. The number of pyridine rings is 2. The van der Waals surface area contributed by atoms with E-state index in [1.165, 1.54) is 10.9 Å². The molecular weight excluding hydrogens is 1040 g/mol. The molecule has 0 saturated heterocycles. The van der Waals surface area contributed by atoms with Gasteiger partial charge in [-0.25, -0.2) is 9.98 Å². The van der Waals surface area contributed by atoms with Crippen molar-refractivity contribution in [3.63, 3.8) is 0 Å².